The highest BCUT2D eigenvalue weighted by Crippen LogP contribution is 2.52. The molecule has 2 aliphatic rings. The van der Waals surface area contributed by atoms with Gasteiger partial charge in [-0.2, -0.15) is 0 Å². The number of aliphatic hydroxyl groups is 1. The molecule has 22 nitrogen and oxygen atoms in total. The Bertz CT molecular complexity index is 4130. The molecule has 0 spiro atoms. The van der Waals surface area contributed by atoms with E-state index >= 15 is 4.57 Å². The molecule has 2 fully saturated rings. The Labute approximate surface area is 562 Å². The number of hydrogen-bond acceptors (Lipinski definition) is 21. The van der Waals surface area contributed by atoms with Gasteiger partial charge in [0.05, 0.1) is 54.2 Å². The third-order valence-corrected chi connectivity index (χ3v) is 17.0. The molecule has 9 aromatic carbocycles. The summed E-state index contributed by atoms with van der Waals surface area (Å²) in [6, 6.07) is 68.1. The predicted molar refractivity (Wildman–Crippen MR) is 349 cm³/mol. The summed E-state index contributed by atoms with van der Waals surface area (Å²) in [7, 11) is -3.12. The fourth-order valence-corrected chi connectivity index (χ4v) is 12.2. The van der Waals surface area contributed by atoms with Gasteiger partial charge in [0.2, 0.25) is 6.29 Å². The van der Waals surface area contributed by atoms with Crippen LogP contribution in [0.2, 0.25) is 0 Å². The van der Waals surface area contributed by atoms with Gasteiger partial charge in [-0.05, 0) is 114 Å². The number of carbonyl (C=O) groups is 6. The van der Waals surface area contributed by atoms with E-state index in [4.69, 9.17) is 61.2 Å². The van der Waals surface area contributed by atoms with Gasteiger partial charge in [-0.25, -0.2) is 33.3 Å². The zero-order valence-corrected chi connectivity index (χ0v) is 53.4. The quantitative estimate of drug-likeness (QED) is 0.0233. The fourth-order valence-electron chi connectivity index (χ4n) is 11.2. The van der Waals surface area contributed by atoms with Crippen molar-refractivity contribution in [1.82, 2.24) is 0 Å². The fraction of sp³-hybridized carbons (Fsp3) is 0.200. The smallest absolute Gasteiger partial charge is 0.475 e. The Morgan fingerprint density at radius 3 is 1.07 bits per heavy atom. The van der Waals surface area contributed by atoms with Crippen LogP contribution in [0.5, 0.6) is 11.5 Å². The highest BCUT2D eigenvalue weighted by atomic mass is 31.2. The molecule has 23 heteroatoms. The van der Waals surface area contributed by atoms with Gasteiger partial charge < -0.3 is 62.1 Å². The van der Waals surface area contributed by atoms with Crippen LogP contribution in [-0.2, 0) is 61.8 Å². The Morgan fingerprint density at radius 2 is 0.684 bits per heavy atom. The van der Waals surface area contributed by atoms with Gasteiger partial charge in [0.25, 0.3) is 0 Å². The summed E-state index contributed by atoms with van der Waals surface area (Å²) in [4.78, 5) is 99.0. The van der Waals surface area contributed by atoms with E-state index in [9.17, 15) is 38.8 Å². The largest absolute Gasteiger partial charge is 0.497 e. The number of benzene rings is 9. The molecule has 11 rings (SSSR count). The topological polar surface area (TPSA) is 280 Å². The normalized spacial score (nSPS) is 21.1. The third kappa shape index (κ3) is 16.4. The first kappa shape index (κ1) is 68.7. The highest BCUT2D eigenvalue weighted by Gasteiger charge is 2.58. The number of rotatable bonds is 25. The van der Waals surface area contributed by atoms with E-state index in [1.54, 1.807) is 152 Å². The number of aliphatic hydroxyl groups excluding tert-OH is 1. The Balaban J connectivity index is 1.06. The number of ether oxygens (including phenoxy) is 11. The maximum atomic E-state index is 15.7. The molecular weight excluding hydrogens is 1280 g/mol. The number of phosphoric ester groups is 1. The van der Waals surface area contributed by atoms with Gasteiger partial charge >= 0.3 is 43.6 Å². The van der Waals surface area contributed by atoms with E-state index in [-0.39, 0.29) is 33.4 Å². The number of carbonyl (C=O) groups excluding carboxylic acids is 6. The van der Waals surface area contributed by atoms with E-state index in [0.717, 1.165) is 0 Å². The molecule has 11 atom stereocenters. The first-order chi connectivity index (χ1) is 47.6. The van der Waals surface area contributed by atoms with Crippen molar-refractivity contribution in [3.63, 3.8) is 0 Å². The first-order valence-corrected chi connectivity index (χ1v) is 32.3. The Morgan fingerprint density at radius 1 is 0.367 bits per heavy atom. The predicted octanol–water partition coefficient (Wildman–Crippen LogP) is 10.9. The summed E-state index contributed by atoms with van der Waals surface area (Å²) in [5, 5.41) is 11.9. The minimum atomic E-state index is -6.13. The van der Waals surface area contributed by atoms with E-state index in [1.165, 1.54) is 123 Å². The van der Waals surface area contributed by atoms with Gasteiger partial charge in [-0.1, -0.05) is 164 Å². The second-order valence-corrected chi connectivity index (χ2v) is 23.6. The highest BCUT2D eigenvalue weighted by molar-refractivity contribution is 7.47. The van der Waals surface area contributed by atoms with Crippen LogP contribution < -0.4 is 9.47 Å². The lowest BCUT2D eigenvalue weighted by atomic mass is 9.80. The van der Waals surface area contributed by atoms with Crippen LogP contribution in [0.25, 0.3) is 0 Å². The molecule has 9 aromatic rings. The molecule has 0 amide bonds. The second kappa shape index (κ2) is 31.9. The van der Waals surface area contributed by atoms with Crippen molar-refractivity contribution < 1.29 is 104 Å². The number of esters is 6. The molecule has 2 N–H and O–H groups in total. The number of phosphoric acid groups is 1. The van der Waals surface area contributed by atoms with Crippen molar-refractivity contribution in [3.8, 4) is 11.5 Å². The van der Waals surface area contributed by atoms with E-state index < -0.39 is 124 Å². The van der Waals surface area contributed by atoms with Crippen LogP contribution in [0.15, 0.2) is 261 Å². The molecule has 1 unspecified atom stereocenters. The van der Waals surface area contributed by atoms with Crippen molar-refractivity contribution in [2.45, 2.75) is 67.0 Å². The van der Waals surface area contributed by atoms with Crippen molar-refractivity contribution >= 4 is 43.6 Å². The van der Waals surface area contributed by atoms with Crippen molar-refractivity contribution in [3.05, 3.63) is 311 Å². The molecule has 2 aliphatic heterocycles. The van der Waals surface area contributed by atoms with Crippen LogP contribution >= 0.6 is 7.82 Å². The summed E-state index contributed by atoms with van der Waals surface area (Å²) in [6.07, 6.45) is -21.2. The summed E-state index contributed by atoms with van der Waals surface area (Å²) >= 11 is 0. The van der Waals surface area contributed by atoms with Gasteiger partial charge in [-0.3, -0.25) is 9.05 Å². The molecule has 0 saturated carbocycles. The lowest BCUT2D eigenvalue weighted by molar-refractivity contribution is -0.293. The van der Waals surface area contributed by atoms with Gasteiger partial charge in [-0.15, -0.1) is 0 Å². The monoisotopic (exact) mass is 1350 g/mol. The molecule has 0 radical (unpaired) electrons. The Hall–Kier alpha value is -10.7. The lowest BCUT2D eigenvalue weighted by Crippen LogP contribution is -2.63. The maximum Gasteiger partial charge on any atom is 0.475 e. The summed E-state index contributed by atoms with van der Waals surface area (Å²) in [5.74, 6) is -5.41. The Kier molecular flexibility index (Phi) is 22.4. The molecule has 502 valence electrons. The molecule has 0 aromatic heterocycles. The maximum absolute atomic E-state index is 15.7. The summed E-state index contributed by atoms with van der Waals surface area (Å²) in [6.45, 7) is -1.63. The van der Waals surface area contributed by atoms with E-state index in [1.807, 2.05) is 0 Å². The SMILES string of the molecule is COc1ccc(C(OC[C@H]2O[C@H](OP(=O)(O)O[C@H]3[C@H](OC(=O)c4ccccc4)[C@H](OC(=O)c4ccccc4)[C@@H](O)O[C@@H]3COC(=O)c3ccccc3)[C@@H](OC(=O)c3ccccc3)[C@@H](OC(=O)c3ccccc3)[C@@H]2OC(=O)c2ccccc2)(c2ccccc2)c2ccc(OC)cc2)cc1. The van der Waals surface area contributed by atoms with E-state index in [0.29, 0.717) is 28.2 Å². The van der Waals surface area contributed by atoms with Gasteiger partial charge in [0.1, 0.15) is 42.0 Å². The van der Waals surface area contributed by atoms with Crippen LogP contribution in [0.3, 0.4) is 0 Å². The number of hydrogen-bond donors (Lipinski definition) is 2. The molecule has 98 heavy (non-hydrogen) atoms. The second-order valence-electron chi connectivity index (χ2n) is 22.2. The zero-order chi connectivity index (χ0) is 68.6. The van der Waals surface area contributed by atoms with Crippen LogP contribution in [-0.4, -0.2) is 135 Å². The molecular formula is C75H65O22P. The summed E-state index contributed by atoms with van der Waals surface area (Å²) < 4.78 is 95.9. The third-order valence-electron chi connectivity index (χ3n) is 16.0. The van der Waals surface area contributed by atoms with E-state index in [2.05, 4.69) is 0 Å². The van der Waals surface area contributed by atoms with Crippen LogP contribution in [0.1, 0.15) is 78.8 Å². The average Bonchev–Trinajstić information content (AvgIpc) is 0.759. The van der Waals surface area contributed by atoms with Crippen molar-refractivity contribution in [2.24, 2.45) is 0 Å². The number of methoxy groups -OCH3 is 2. The minimum Gasteiger partial charge on any atom is -0.497 e. The van der Waals surface area contributed by atoms with Crippen molar-refractivity contribution in [2.75, 3.05) is 27.4 Å². The zero-order valence-electron chi connectivity index (χ0n) is 52.5. The van der Waals surface area contributed by atoms with Gasteiger partial charge in [0.15, 0.2) is 36.8 Å². The molecule has 0 bridgehead atoms. The standard InChI is InChI=1S/C75H65O22P/c1-85-57-42-38-55(39-43-57)75(54-36-22-9-23-37-54,56-40-44-58(86-2)45-41-56)88-47-60-61(91-68(77)49-26-12-4-13-27-49)63(92-69(78)50-28-14-5-15-29-50)66(95-72(81)53-34-20-8-21-35-53)74(90-60)97-98(83,84)96-62-59(46-87-67(76)48-24-10-3-11-25-48)89-73(82)65(94-71(80)52-32-18-7-19-33-52)64(62)93-70(79)51-30-16-6-17-31-51/h3-45,59-66,73-74,82H,46-47H2,1-2H3,(H,83,84)/t59-,60-,61-,62-,63+,64+,65+,66+,73+,74-/m1/s1. The van der Waals surface area contributed by atoms with Crippen LogP contribution in [0, 0.1) is 0 Å². The molecule has 2 saturated heterocycles. The van der Waals surface area contributed by atoms with Crippen LogP contribution in [0.4, 0.5) is 0 Å². The summed E-state index contributed by atoms with van der Waals surface area (Å²) in [5.41, 5.74) is -0.366. The minimum absolute atomic E-state index is 0.000965. The first-order valence-electron chi connectivity index (χ1n) is 30.8. The molecule has 0 aliphatic carbocycles. The van der Waals surface area contributed by atoms with Gasteiger partial charge in [0, 0.05) is 0 Å². The molecule has 2 heterocycles. The average molecular weight is 1350 g/mol. The van der Waals surface area contributed by atoms with Crippen molar-refractivity contribution in [1.29, 1.82) is 0 Å². The lowest BCUT2D eigenvalue weighted by Gasteiger charge is -2.46.